The predicted molar refractivity (Wildman–Crippen MR) is 91.9 cm³/mol. The van der Waals surface area contributed by atoms with Crippen molar-refractivity contribution < 1.29 is 9.90 Å². The molecule has 0 radical (unpaired) electrons. The monoisotopic (exact) mass is 322 g/mol. The minimum absolute atomic E-state index is 0.0264. The van der Waals surface area contributed by atoms with Gasteiger partial charge in [0.15, 0.2) is 0 Å². The van der Waals surface area contributed by atoms with Gasteiger partial charge in [0.05, 0.1) is 6.61 Å². The molecule has 0 aliphatic heterocycles. The largest absolute Gasteiger partial charge is 0.392 e. The predicted octanol–water partition coefficient (Wildman–Crippen LogP) is 3.04. The zero-order valence-corrected chi connectivity index (χ0v) is 14.0. The molecule has 0 bridgehead atoms. The first-order chi connectivity index (χ1) is 10.7. The van der Waals surface area contributed by atoms with E-state index < -0.39 is 0 Å². The Morgan fingerprint density at radius 3 is 2.95 bits per heavy atom. The fourth-order valence-electron chi connectivity index (χ4n) is 2.92. The third-order valence-corrected chi connectivity index (χ3v) is 5.22. The number of thioether (sulfide) groups is 1. The topological polar surface area (TPSA) is 61.4 Å². The van der Waals surface area contributed by atoms with Crippen LogP contribution in [0.1, 0.15) is 43.7 Å². The molecule has 0 heterocycles. The van der Waals surface area contributed by atoms with E-state index in [9.17, 15) is 4.79 Å². The van der Waals surface area contributed by atoms with Crippen molar-refractivity contribution in [2.75, 3.05) is 5.75 Å². The van der Waals surface area contributed by atoms with Gasteiger partial charge in [-0.1, -0.05) is 37.6 Å². The van der Waals surface area contributed by atoms with Gasteiger partial charge in [0.25, 0.3) is 0 Å². The van der Waals surface area contributed by atoms with E-state index >= 15 is 0 Å². The molecule has 4 nitrogen and oxygen atoms in total. The van der Waals surface area contributed by atoms with E-state index in [0.717, 1.165) is 29.7 Å². The summed E-state index contributed by atoms with van der Waals surface area (Å²) in [5.41, 5.74) is 1.87. The number of carbonyl (C=O) groups excluding carboxylic acids is 1. The molecule has 1 saturated carbocycles. The minimum atomic E-state index is -0.0958. The molecular weight excluding hydrogens is 296 g/mol. The zero-order valence-electron chi connectivity index (χ0n) is 13.2. The summed E-state index contributed by atoms with van der Waals surface area (Å²) < 4.78 is 0. The van der Waals surface area contributed by atoms with E-state index in [1.807, 2.05) is 36.0 Å². The van der Waals surface area contributed by atoms with Crippen LogP contribution in [0.5, 0.6) is 0 Å². The Hall–Kier alpha value is -1.20. The summed E-state index contributed by atoms with van der Waals surface area (Å²) in [5, 5.41) is 15.8. The molecule has 22 heavy (non-hydrogen) atoms. The zero-order chi connectivity index (χ0) is 15.8. The Morgan fingerprint density at radius 1 is 1.36 bits per heavy atom. The molecule has 1 aromatic rings. The smallest absolute Gasteiger partial charge is 0.315 e. The van der Waals surface area contributed by atoms with Gasteiger partial charge >= 0.3 is 6.03 Å². The maximum atomic E-state index is 12.0. The fourth-order valence-corrected chi connectivity index (χ4v) is 4.09. The van der Waals surface area contributed by atoms with Crippen LogP contribution < -0.4 is 10.6 Å². The van der Waals surface area contributed by atoms with Gasteiger partial charge in [0, 0.05) is 17.8 Å². The van der Waals surface area contributed by atoms with Crippen LogP contribution in [0.25, 0.3) is 0 Å². The van der Waals surface area contributed by atoms with Crippen molar-refractivity contribution in [3.05, 3.63) is 35.4 Å². The van der Waals surface area contributed by atoms with Gasteiger partial charge in [0.2, 0.25) is 0 Å². The molecule has 3 N–H and O–H groups in total. The van der Waals surface area contributed by atoms with E-state index in [1.54, 1.807) is 0 Å². The normalized spacial score (nSPS) is 21.4. The standard InChI is InChI=1S/C17H26N2O2S/c1-2-22-16-8-4-7-15(10-16)19-17(21)18-11-13-5-3-6-14(9-13)12-20/h3,5-6,9,15-16,20H,2,4,7-8,10-12H2,1H3,(H2,18,19,21)/t15-,16+/m1/s1. The molecule has 0 spiro atoms. The number of amides is 2. The Bertz CT molecular complexity index is 479. The Morgan fingerprint density at radius 2 is 2.18 bits per heavy atom. The van der Waals surface area contributed by atoms with E-state index in [0.29, 0.717) is 17.8 Å². The van der Waals surface area contributed by atoms with Gasteiger partial charge in [-0.15, -0.1) is 0 Å². The maximum absolute atomic E-state index is 12.0. The van der Waals surface area contributed by atoms with Crippen LogP contribution >= 0.6 is 11.8 Å². The first-order valence-electron chi connectivity index (χ1n) is 8.06. The lowest BCUT2D eigenvalue weighted by Gasteiger charge is -2.29. The molecule has 1 aliphatic rings. The Balaban J connectivity index is 1.75. The molecule has 1 aliphatic carbocycles. The van der Waals surface area contributed by atoms with Crippen molar-refractivity contribution in [2.24, 2.45) is 0 Å². The summed E-state index contributed by atoms with van der Waals surface area (Å²) in [7, 11) is 0. The number of aliphatic hydroxyl groups excluding tert-OH is 1. The minimum Gasteiger partial charge on any atom is -0.392 e. The van der Waals surface area contributed by atoms with Crippen LogP contribution in [-0.2, 0) is 13.2 Å². The average molecular weight is 322 g/mol. The lowest BCUT2D eigenvalue weighted by atomic mass is 9.95. The van der Waals surface area contributed by atoms with Gasteiger partial charge in [-0.3, -0.25) is 0 Å². The molecule has 0 saturated heterocycles. The SMILES string of the molecule is CCS[C@H]1CCC[C@@H](NC(=O)NCc2cccc(CO)c2)C1. The van der Waals surface area contributed by atoms with Crippen LogP contribution in [0.2, 0.25) is 0 Å². The van der Waals surface area contributed by atoms with E-state index in [2.05, 4.69) is 17.6 Å². The van der Waals surface area contributed by atoms with Crippen LogP contribution in [0.3, 0.4) is 0 Å². The second kappa shape index (κ2) is 9.06. The highest BCUT2D eigenvalue weighted by atomic mass is 32.2. The van der Waals surface area contributed by atoms with E-state index in [-0.39, 0.29) is 12.6 Å². The average Bonchev–Trinajstić information content (AvgIpc) is 2.54. The summed E-state index contributed by atoms with van der Waals surface area (Å²) in [6.07, 6.45) is 4.62. The summed E-state index contributed by atoms with van der Waals surface area (Å²) >= 11 is 2.00. The third kappa shape index (κ3) is 5.54. The molecule has 122 valence electrons. The molecule has 1 fully saturated rings. The van der Waals surface area contributed by atoms with Gasteiger partial charge in [-0.25, -0.2) is 4.79 Å². The molecule has 2 atom stereocenters. The maximum Gasteiger partial charge on any atom is 0.315 e. The van der Waals surface area contributed by atoms with Crippen molar-refractivity contribution >= 4 is 17.8 Å². The third-order valence-electron chi connectivity index (χ3n) is 3.99. The lowest BCUT2D eigenvalue weighted by Crippen LogP contribution is -2.44. The van der Waals surface area contributed by atoms with Crippen molar-refractivity contribution in [2.45, 2.75) is 57.1 Å². The number of urea groups is 1. The first kappa shape index (κ1) is 17.2. The summed E-state index contributed by atoms with van der Waals surface area (Å²) in [4.78, 5) is 12.0. The molecular formula is C17H26N2O2S. The Labute approximate surface area is 137 Å². The number of hydrogen-bond donors (Lipinski definition) is 3. The number of hydrogen-bond acceptors (Lipinski definition) is 3. The van der Waals surface area contributed by atoms with Crippen LogP contribution in [0, 0.1) is 0 Å². The van der Waals surface area contributed by atoms with Crippen LogP contribution in [0.15, 0.2) is 24.3 Å². The van der Waals surface area contributed by atoms with Gasteiger partial charge in [-0.05, 0) is 36.1 Å². The first-order valence-corrected chi connectivity index (χ1v) is 9.10. The van der Waals surface area contributed by atoms with Crippen molar-refractivity contribution in [1.29, 1.82) is 0 Å². The molecule has 0 aromatic heterocycles. The molecule has 2 amide bonds. The number of aliphatic hydroxyl groups is 1. The summed E-state index contributed by atoms with van der Waals surface area (Å²) in [5.74, 6) is 1.14. The number of carbonyl (C=O) groups is 1. The lowest BCUT2D eigenvalue weighted by molar-refractivity contribution is 0.232. The molecule has 5 heteroatoms. The number of nitrogens with one attached hydrogen (secondary N) is 2. The van der Waals surface area contributed by atoms with E-state index in [1.165, 1.54) is 12.8 Å². The molecule has 1 aromatic carbocycles. The van der Waals surface area contributed by atoms with Crippen LogP contribution in [-0.4, -0.2) is 28.2 Å². The van der Waals surface area contributed by atoms with Crippen molar-refractivity contribution in [3.63, 3.8) is 0 Å². The van der Waals surface area contributed by atoms with Gasteiger partial charge in [0.1, 0.15) is 0 Å². The van der Waals surface area contributed by atoms with E-state index in [4.69, 9.17) is 5.11 Å². The highest BCUT2D eigenvalue weighted by Crippen LogP contribution is 2.28. The number of rotatable bonds is 6. The highest BCUT2D eigenvalue weighted by Gasteiger charge is 2.22. The van der Waals surface area contributed by atoms with Gasteiger partial charge in [-0.2, -0.15) is 11.8 Å². The molecule has 2 rings (SSSR count). The summed E-state index contributed by atoms with van der Waals surface area (Å²) in [6, 6.07) is 7.83. The van der Waals surface area contributed by atoms with Crippen LogP contribution in [0.4, 0.5) is 4.79 Å². The number of benzene rings is 1. The van der Waals surface area contributed by atoms with Crippen molar-refractivity contribution in [3.8, 4) is 0 Å². The quantitative estimate of drug-likeness (QED) is 0.754. The second-order valence-electron chi connectivity index (χ2n) is 5.75. The van der Waals surface area contributed by atoms with Crippen molar-refractivity contribution in [1.82, 2.24) is 10.6 Å². The second-order valence-corrected chi connectivity index (χ2v) is 7.32. The van der Waals surface area contributed by atoms with Gasteiger partial charge < -0.3 is 15.7 Å². The highest BCUT2D eigenvalue weighted by molar-refractivity contribution is 7.99. The summed E-state index contributed by atoms with van der Waals surface area (Å²) in [6.45, 7) is 2.70. The fraction of sp³-hybridized carbons (Fsp3) is 0.588. The molecule has 0 unspecified atom stereocenters. The Kier molecular flexibility index (Phi) is 7.06.